The van der Waals surface area contributed by atoms with Gasteiger partial charge in [-0.05, 0) is 23.8 Å². The molecule has 25 heavy (non-hydrogen) atoms. The molecule has 0 aliphatic carbocycles. The van der Waals surface area contributed by atoms with Crippen LogP contribution in [0.5, 0.6) is 11.5 Å². The number of nitriles is 1. The Morgan fingerprint density at radius 3 is 2.68 bits per heavy atom. The smallest absolute Gasteiger partial charge is 0.261 e. The maximum atomic E-state index is 12.2. The highest BCUT2D eigenvalue weighted by atomic mass is 16.5. The lowest BCUT2D eigenvalue weighted by Gasteiger charge is -2.26. The van der Waals surface area contributed by atoms with Crippen LogP contribution >= 0.6 is 0 Å². The van der Waals surface area contributed by atoms with E-state index in [4.69, 9.17) is 14.2 Å². The Balaban J connectivity index is 1.96. The van der Waals surface area contributed by atoms with Gasteiger partial charge >= 0.3 is 0 Å². The summed E-state index contributed by atoms with van der Waals surface area (Å²) in [6.45, 7) is 4.39. The molecule has 0 radical (unpaired) electrons. The number of methoxy groups -OCH3 is 2. The highest BCUT2D eigenvalue weighted by molar-refractivity contribution is 6.01. The van der Waals surface area contributed by atoms with E-state index in [2.05, 4.69) is 10.2 Å². The van der Waals surface area contributed by atoms with E-state index in [-0.39, 0.29) is 11.5 Å². The van der Waals surface area contributed by atoms with Crippen molar-refractivity contribution in [2.45, 2.75) is 0 Å². The number of benzene rings is 1. The van der Waals surface area contributed by atoms with Crippen LogP contribution in [0, 0.1) is 11.3 Å². The third-order valence-electron chi connectivity index (χ3n) is 3.90. The summed E-state index contributed by atoms with van der Waals surface area (Å²) in [4.78, 5) is 14.4. The van der Waals surface area contributed by atoms with Gasteiger partial charge in [-0.25, -0.2) is 0 Å². The zero-order chi connectivity index (χ0) is 18.1. The summed E-state index contributed by atoms with van der Waals surface area (Å²) in [5.74, 6) is 0.750. The Morgan fingerprint density at radius 1 is 1.32 bits per heavy atom. The molecule has 0 unspecified atom stereocenters. The summed E-state index contributed by atoms with van der Waals surface area (Å²) in [6, 6.07) is 7.16. The first kappa shape index (κ1) is 18.8. The normalized spacial score (nSPS) is 15.3. The van der Waals surface area contributed by atoms with Crippen molar-refractivity contribution < 1.29 is 19.0 Å². The van der Waals surface area contributed by atoms with Gasteiger partial charge < -0.3 is 19.5 Å². The van der Waals surface area contributed by atoms with Crippen LogP contribution in [0.2, 0.25) is 0 Å². The molecule has 1 aliphatic heterocycles. The Kier molecular flexibility index (Phi) is 7.26. The molecular formula is C18H23N3O4. The van der Waals surface area contributed by atoms with E-state index in [1.807, 2.05) is 6.07 Å². The lowest BCUT2D eigenvalue weighted by Crippen LogP contribution is -2.41. The zero-order valence-corrected chi connectivity index (χ0v) is 14.6. The van der Waals surface area contributed by atoms with E-state index in [1.54, 1.807) is 25.3 Å². The molecule has 2 rings (SSSR count). The number of hydrogen-bond donors (Lipinski definition) is 1. The van der Waals surface area contributed by atoms with Crippen molar-refractivity contribution in [3.05, 3.63) is 29.3 Å². The molecule has 1 saturated heterocycles. The van der Waals surface area contributed by atoms with Crippen molar-refractivity contribution in [3.8, 4) is 17.6 Å². The fraction of sp³-hybridized carbons (Fsp3) is 0.444. The van der Waals surface area contributed by atoms with Gasteiger partial charge in [0.1, 0.15) is 11.6 Å². The first-order valence-corrected chi connectivity index (χ1v) is 8.10. The second-order valence-electron chi connectivity index (χ2n) is 5.49. The van der Waals surface area contributed by atoms with Crippen LogP contribution in [0.3, 0.4) is 0 Å². The molecule has 1 aromatic carbocycles. The van der Waals surface area contributed by atoms with Crippen LogP contribution in [-0.2, 0) is 9.53 Å². The Morgan fingerprint density at radius 2 is 2.04 bits per heavy atom. The van der Waals surface area contributed by atoms with Crippen LogP contribution in [0.1, 0.15) is 5.56 Å². The van der Waals surface area contributed by atoms with Crippen LogP contribution < -0.4 is 14.8 Å². The topological polar surface area (TPSA) is 83.8 Å². The van der Waals surface area contributed by atoms with Crippen LogP contribution in [0.25, 0.3) is 6.08 Å². The van der Waals surface area contributed by atoms with Crippen molar-refractivity contribution in [2.24, 2.45) is 0 Å². The largest absolute Gasteiger partial charge is 0.493 e. The lowest BCUT2D eigenvalue weighted by molar-refractivity contribution is -0.117. The number of ether oxygens (including phenoxy) is 3. The van der Waals surface area contributed by atoms with Gasteiger partial charge in [-0.1, -0.05) is 6.07 Å². The van der Waals surface area contributed by atoms with Crippen molar-refractivity contribution in [1.29, 1.82) is 5.26 Å². The molecule has 0 atom stereocenters. The SMILES string of the molecule is COc1ccc(/C=C(/C#N)C(=O)NCCN2CCOCC2)cc1OC. The standard InChI is InChI=1S/C18H23N3O4/c1-23-16-4-3-14(12-17(16)24-2)11-15(13-19)18(22)20-5-6-21-7-9-25-10-8-21/h3-4,11-12H,5-10H2,1-2H3,(H,20,22)/b15-11-. The van der Waals surface area contributed by atoms with Gasteiger partial charge in [-0.2, -0.15) is 5.26 Å². The van der Waals surface area contributed by atoms with Gasteiger partial charge in [0.2, 0.25) is 0 Å². The Hall–Kier alpha value is -2.56. The van der Waals surface area contributed by atoms with Gasteiger partial charge in [0.15, 0.2) is 11.5 Å². The summed E-state index contributed by atoms with van der Waals surface area (Å²) >= 11 is 0. The van der Waals surface area contributed by atoms with Crippen LogP contribution in [0.15, 0.2) is 23.8 Å². The molecule has 134 valence electrons. The predicted octanol–water partition coefficient (Wildman–Crippen LogP) is 1.06. The second-order valence-corrected chi connectivity index (χ2v) is 5.49. The molecule has 1 fully saturated rings. The van der Waals surface area contributed by atoms with Crippen molar-refractivity contribution >= 4 is 12.0 Å². The minimum absolute atomic E-state index is 0.0502. The minimum Gasteiger partial charge on any atom is -0.493 e. The van der Waals surface area contributed by atoms with Gasteiger partial charge in [0, 0.05) is 26.2 Å². The number of nitrogens with one attached hydrogen (secondary N) is 1. The maximum absolute atomic E-state index is 12.2. The van der Waals surface area contributed by atoms with E-state index in [1.165, 1.54) is 13.2 Å². The van der Waals surface area contributed by atoms with Gasteiger partial charge in [-0.15, -0.1) is 0 Å². The molecule has 1 amide bonds. The van der Waals surface area contributed by atoms with Crippen LogP contribution in [0.4, 0.5) is 0 Å². The Labute approximate surface area is 147 Å². The van der Waals surface area contributed by atoms with Crippen LogP contribution in [-0.4, -0.2) is 64.4 Å². The van der Waals surface area contributed by atoms with Gasteiger partial charge in [0.05, 0.1) is 27.4 Å². The maximum Gasteiger partial charge on any atom is 0.261 e. The van der Waals surface area contributed by atoms with E-state index < -0.39 is 0 Å². The third kappa shape index (κ3) is 5.48. The fourth-order valence-corrected chi connectivity index (χ4v) is 2.51. The zero-order valence-electron chi connectivity index (χ0n) is 14.6. The fourth-order valence-electron chi connectivity index (χ4n) is 2.51. The number of carbonyl (C=O) groups excluding carboxylic acids is 1. The highest BCUT2D eigenvalue weighted by Gasteiger charge is 2.13. The molecule has 1 N–H and O–H groups in total. The number of amides is 1. The van der Waals surface area contributed by atoms with Gasteiger partial charge in [0.25, 0.3) is 5.91 Å². The predicted molar refractivity (Wildman–Crippen MR) is 93.4 cm³/mol. The summed E-state index contributed by atoms with van der Waals surface area (Å²) in [5, 5.41) is 12.1. The summed E-state index contributed by atoms with van der Waals surface area (Å²) in [5.41, 5.74) is 0.742. The summed E-state index contributed by atoms with van der Waals surface area (Å²) < 4.78 is 15.7. The number of carbonyl (C=O) groups is 1. The Bertz CT molecular complexity index is 661. The molecule has 1 heterocycles. The molecule has 0 saturated carbocycles. The first-order chi connectivity index (χ1) is 12.2. The summed E-state index contributed by atoms with van der Waals surface area (Å²) in [7, 11) is 3.09. The molecular weight excluding hydrogens is 322 g/mol. The van der Waals surface area contributed by atoms with E-state index in [0.717, 1.165) is 32.8 Å². The molecule has 0 bridgehead atoms. The summed E-state index contributed by atoms with van der Waals surface area (Å²) in [6.07, 6.45) is 1.53. The number of nitrogens with zero attached hydrogens (tertiary/aromatic N) is 2. The average Bonchev–Trinajstić information content (AvgIpc) is 2.66. The second kappa shape index (κ2) is 9.67. The van der Waals surface area contributed by atoms with E-state index >= 15 is 0 Å². The minimum atomic E-state index is -0.384. The molecule has 7 heteroatoms. The highest BCUT2D eigenvalue weighted by Crippen LogP contribution is 2.28. The van der Waals surface area contributed by atoms with Crippen molar-refractivity contribution in [2.75, 3.05) is 53.6 Å². The molecule has 0 aromatic heterocycles. The van der Waals surface area contributed by atoms with Crippen molar-refractivity contribution in [3.63, 3.8) is 0 Å². The monoisotopic (exact) mass is 345 g/mol. The van der Waals surface area contributed by atoms with E-state index in [9.17, 15) is 10.1 Å². The number of morpholine rings is 1. The molecule has 1 aromatic rings. The number of hydrogen-bond acceptors (Lipinski definition) is 6. The van der Waals surface area contributed by atoms with Gasteiger partial charge in [-0.3, -0.25) is 9.69 Å². The first-order valence-electron chi connectivity index (χ1n) is 8.10. The van der Waals surface area contributed by atoms with E-state index in [0.29, 0.717) is 23.6 Å². The molecule has 1 aliphatic rings. The number of rotatable bonds is 7. The van der Waals surface area contributed by atoms with Crippen molar-refractivity contribution in [1.82, 2.24) is 10.2 Å². The molecule has 7 nitrogen and oxygen atoms in total. The average molecular weight is 345 g/mol. The quantitative estimate of drug-likeness (QED) is 0.588. The third-order valence-corrected chi connectivity index (χ3v) is 3.90. The lowest BCUT2D eigenvalue weighted by atomic mass is 10.1. The molecule has 0 spiro atoms.